The highest BCUT2D eigenvalue weighted by atomic mass is 16.1. The molecule has 0 atom stereocenters. The van der Waals surface area contributed by atoms with E-state index in [1.165, 1.54) is 0 Å². The molecule has 0 aliphatic carbocycles. The van der Waals surface area contributed by atoms with Crippen LogP contribution >= 0.6 is 0 Å². The SMILES string of the molecule is NNc1nc(N)cc(Cc2cnn(Cc3ccc4c(c3)C(=O)NCC4)c2)c1N. The fourth-order valence-electron chi connectivity index (χ4n) is 3.43. The van der Waals surface area contributed by atoms with Gasteiger partial charge in [-0.3, -0.25) is 9.48 Å². The highest BCUT2D eigenvalue weighted by Gasteiger charge is 2.17. The number of carbonyl (C=O) groups excluding carboxylic acids is 1. The van der Waals surface area contributed by atoms with Crippen molar-refractivity contribution in [3.63, 3.8) is 0 Å². The van der Waals surface area contributed by atoms with E-state index in [1.807, 2.05) is 29.1 Å². The molecule has 0 bridgehead atoms. The summed E-state index contributed by atoms with van der Waals surface area (Å²) in [6, 6.07) is 7.73. The van der Waals surface area contributed by atoms with Gasteiger partial charge in [0.2, 0.25) is 0 Å². The predicted molar refractivity (Wildman–Crippen MR) is 107 cm³/mol. The van der Waals surface area contributed by atoms with E-state index in [0.717, 1.165) is 34.2 Å². The van der Waals surface area contributed by atoms with E-state index in [1.54, 1.807) is 12.3 Å². The highest BCUT2D eigenvalue weighted by molar-refractivity contribution is 5.96. The van der Waals surface area contributed by atoms with Gasteiger partial charge in [-0.2, -0.15) is 5.10 Å². The van der Waals surface area contributed by atoms with Crippen molar-refractivity contribution < 1.29 is 4.79 Å². The minimum Gasteiger partial charge on any atom is -0.395 e. The van der Waals surface area contributed by atoms with Gasteiger partial charge in [0.25, 0.3) is 5.91 Å². The quantitative estimate of drug-likeness (QED) is 0.323. The average molecular weight is 378 g/mol. The van der Waals surface area contributed by atoms with Gasteiger partial charge in [-0.05, 0) is 40.8 Å². The smallest absolute Gasteiger partial charge is 0.251 e. The Labute approximate surface area is 161 Å². The molecule has 144 valence electrons. The predicted octanol–water partition coefficient (Wildman–Crippen LogP) is 0.653. The number of hydrogen-bond donors (Lipinski definition) is 5. The molecule has 0 radical (unpaired) electrons. The van der Waals surface area contributed by atoms with E-state index in [4.69, 9.17) is 17.3 Å². The molecule has 0 spiro atoms. The van der Waals surface area contributed by atoms with Crippen molar-refractivity contribution in [2.45, 2.75) is 19.4 Å². The van der Waals surface area contributed by atoms with E-state index < -0.39 is 0 Å². The van der Waals surface area contributed by atoms with Crippen molar-refractivity contribution in [3.8, 4) is 0 Å². The van der Waals surface area contributed by atoms with Crippen LogP contribution in [-0.4, -0.2) is 27.2 Å². The third kappa shape index (κ3) is 3.47. The van der Waals surface area contributed by atoms with Crippen LogP contribution in [0.5, 0.6) is 0 Å². The second-order valence-corrected chi connectivity index (χ2v) is 6.83. The van der Waals surface area contributed by atoms with Crippen LogP contribution in [0.4, 0.5) is 17.3 Å². The average Bonchev–Trinajstić information content (AvgIpc) is 3.12. The fourth-order valence-corrected chi connectivity index (χ4v) is 3.43. The van der Waals surface area contributed by atoms with Gasteiger partial charge in [0.1, 0.15) is 5.82 Å². The van der Waals surface area contributed by atoms with E-state index in [0.29, 0.717) is 36.8 Å². The number of amides is 1. The molecule has 1 aliphatic heterocycles. The minimum absolute atomic E-state index is 0.0145. The van der Waals surface area contributed by atoms with Gasteiger partial charge in [-0.1, -0.05) is 12.1 Å². The van der Waals surface area contributed by atoms with Crippen molar-refractivity contribution in [1.29, 1.82) is 0 Å². The molecule has 9 nitrogen and oxygen atoms in total. The number of rotatable bonds is 5. The second-order valence-electron chi connectivity index (χ2n) is 6.83. The Morgan fingerprint density at radius 2 is 2.07 bits per heavy atom. The molecular formula is C19H22N8O. The molecule has 9 heteroatoms. The maximum absolute atomic E-state index is 12.0. The molecule has 4 rings (SSSR count). The van der Waals surface area contributed by atoms with Crippen LogP contribution in [0.1, 0.15) is 32.6 Å². The van der Waals surface area contributed by atoms with E-state index >= 15 is 0 Å². The lowest BCUT2D eigenvalue weighted by molar-refractivity contribution is 0.0946. The number of hydrogen-bond acceptors (Lipinski definition) is 7. The summed E-state index contributed by atoms with van der Waals surface area (Å²) in [6.45, 7) is 1.27. The standard InChI is InChI=1S/C19H22N8O/c20-16-7-14(17(21)18(25-16)26-22)5-12-8-24-27(10-12)9-11-1-2-13-3-4-23-19(28)15(13)6-11/h1-2,6-8,10H,3-5,9,21-22H2,(H,23,28)(H3,20,25,26). The zero-order chi connectivity index (χ0) is 19.7. The number of nitrogens with one attached hydrogen (secondary N) is 2. The van der Waals surface area contributed by atoms with Crippen LogP contribution in [0.15, 0.2) is 36.7 Å². The van der Waals surface area contributed by atoms with E-state index in [9.17, 15) is 4.79 Å². The van der Waals surface area contributed by atoms with Crippen LogP contribution in [0, 0.1) is 0 Å². The number of hydrazine groups is 1. The Bertz CT molecular complexity index is 1040. The fraction of sp³-hybridized carbons (Fsp3) is 0.211. The van der Waals surface area contributed by atoms with E-state index in [-0.39, 0.29) is 5.91 Å². The molecule has 2 aromatic heterocycles. The van der Waals surface area contributed by atoms with Gasteiger partial charge in [-0.15, -0.1) is 0 Å². The van der Waals surface area contributed by atoms with Crippen LogP contribution in [0.25, 0.3) is 0 Å². The minimum atomic E-state index is -0.0145. The Balaban J connectivity index is 1.52. The van der Waals surface area contributed by atoms with Crippen LogP contribution in [0.2, 0.25) is 0 Å². The van der Waals surface area contributed by atoms with Crippen molar-refractivity contribution in [2.24, 2.45) is 5.84 Å². The van der Waals surface area contributed by atoms with Gasteiger partial charge in [0.15, 0.2) is 5.82 Å². The molecule has 3 heterocycles. The molecule has 3 aromatic rings. The lowest BCUT2D eigenvalue weighted by Gasteiger charge is -2.17. The summed E-state index contributed by atoms with van der Waals surface area (Å²) >= 11 is 0. The summed E-state index contributed by atoms with van der Waals surface area (Å²) in [6.07, 6.45) is 5.16. The van der Waals surface area contributed by atoms with Crippen molar-refractivity contribution in [1.82, 2.24) is 20.1 Å². The maximum Gasteiger partial charge on any atom is 0.251 e. The summed E-state index contributed by atoms with van der Waals surface area (Å²) in [5.41, 5.74) is 19.5. The molecular weight excluding hydrogens is 356 g/mol. The number of benzene rings is 1. The third-order valence-corrected chi connectivity index (χ3v) is 4.83. The molecule has 0 saturated heterocycles. The molecule has 0 unspecified atom stereocenters. The number of fused-ring (bicyclic) bond motifs is 1. The van der Waals surface area contributed by atoms with Crippen LogP contribution in [0.3, 0.4) is 0 Å². The lowest BCUT2D eigenvalue weighted by atomic mass is 9.98. The maximum atomic E-state index is 12.0. The number of aromatic nitrogens is 3. The molecule has 8 N–H and O–H groups in total. The molecule has 0 fully saturated rings. The monoisotopic (exact) mass is 378 g/mol. The number of carbonyl (C=O) groups is 1. The molecule has 28 heavy (non-hydrogen) atoms. The number of nitrogens with zero attached hydrogens (tertiary/aromatic N) is 3. The Kier molecular flexibility index (Phi) is 4.58. The van der Waals surface area contributed by atoms with Gasteiger partial charge >= 0.3 is 0 Å². The number of anilines is 3. The topological polar surface area (TPSA) is 150 Å². The first-order chi connectivity index (χ1) is 13.5. The summed E-state index contributed by atoms with van der Waals surface area (Å²) < 4.78 is 1.83. The first-order valence-corrected chi connectivity index (χ1v) is 8.96. The zero-order valence-electron chi connectivity index (χ0n) is 15.3. The van der Waals surface area contributed by atoms with Crippen LogP contribution in [-0.2, 0) is 19.4 Å². The summed E-state index contributed by atoms with van der Waals surface area (Å²) in [5, 5.41) is 7.30. The number of nitrogen functional groups attached to an aromatic ring is 3. The summed E-state index contributed by atoms with van der Waals surface area (Å²) in [4.78, 5) is 16.1. The van der Waals surface area contributed by atoms with Gasteiger partial charge < -0.3 is 22.2 Å². The molecule has 1 aliphatic rings. The second kappa shape index (κ2) is 7.20. The Morgan fingerprint density at radius 1 is 1.21 bits per heavy atom. The van der Waals surface area contributed by atoms with E-state index in [2.05, 4.69) is 20.8 Å². The number of nitrogens with two attached hydrogens (primary N) is 3. The Morgan fingerprint density at radius 3 is 2.89 bits per heavy atom. The third-order valence-electron chi connectivity index (χ3n) is 4.83. The van der Waals surface area contributed by atoms with Gasteiger partial charge in [0.05, 0.1) is 18.4 Å². The first-order valence-electron chi connectivity index (χ1n) is 8.96. The van der Waals surface area contributed by atoms with Gasteiger partial charge in [-0.25, -0.2) is 10.8 Å². The first kappa shape index (κ1) is 17.8. The van der Waals surface area contributed by atoms with Crippen LogP contribution < -0.4 is 28.1 Å². The lowest BCUT2D eigenvalue weighted by Crippen LogP contribution is -2.31. The molecule has 0 saturated carbocycles. The highest BCUT2D eigenvalue weighted by Crippen LogP contribution is 2.25. The normalized spacial score (nSPS) is 13.1. The zero-order valence-corrected chi connectivity index (χ0v) is 15.3. The van der Waals surface area contributed by atoms with Gasteiger partial charge in [0, 0.05) is 24.7 Å². The van der Waals surface area contributed by atoms with Crippen molar-refractivity contribution in [2.75, 3.05) is 23.4 Å². The Hall–Kier alpha value is -3.59. The van der Waals surface area contributed by atoms with Crippen molar-refractivity contribution in [3.05, 3.63) is 64.5 Å². The molecule has 1 amide bonds. The summed E-state index contributed by atoms with van der Waals surface area (Å²) in [5.74, 6) is 6.12. The van der Waals surface area contributed by atoms with Crippen molar-refractivity contribution >= 4 is 23.2 Å². The molecule has 1 aromatic carbocycles. The summed E-state index contributed by atoms with van der Waals surface area (Å²) in [7, 11) is 0. The number of pyridine rings is 1. The largest absolute Gasteiger partial charge is 0.395 e.